The van der Waals surface area contributed by atoms with Crippen molar-refractivity contribution in [2.45, 2.75) is 12.6 Å². The van der Waals surface area contributed by atoms with Gasteiger partial charge in [0.05, 0.1) is 13.2 Å². The number of hydrogen-bond donors (Lipinski definition) is 0. The Kier molecular flexibility index (Phi) is 3.52. The van der Waals surface area contributed by atoms with E-state index in [0.29, 0.717) is 13.1 Å². The van der Waals surface area contributed by atoms with Crippen molar-refractivity contribution in [2.75, 3.05) is 13.7 Å². The molecule has 0 saturated carbocycles. The van der Waals surface area contributed by atoms with Gasteiger partial charge in [-0.1, -0.05) is 18.2 Å². The lowest BCUT2D eigenvalue weighted by atomic mass is 10.1. The number of benzene rings is 1. The summed E-state index contributed by atoms with van der Waals surface area (Å²) in [5.74, 6) is 0.885. The Hall–Kier alpha value is -2.49. The van der Waals surface area contributed by atoms with Gasteiger partial charge in [-0.2, -0.15) is 0 Å². The second-order valence-electron chi connectivity index (χ2n) is 5.14. The number of amides is 1. The number of fused-ring (bicyclic) bond motifs is 1. The molecule has 0 unspecified atom stereocenters. The molecule has 0 saturated heterocycles. The molecule has 3 rings (SSSR count). The van der Waals surface area contributed by atoms with Crippen LogP contribution in [0.25, 0.3) is 0 Å². The maximum absolute atomic E-state index is 12.5. The van der Waals surface area contributed by atoms with E-state index in [2.05, 4.69) is 6.58 Å². The van der Waals surface area contributed by atoms with Crippen LogP contribution in [0.1, 0.15) is 22.1 Å². The molecule has 2 aromatic rings. The average Bonchev–Trinajstić information content (AvgIpc) is 3.01. The van der Waals surface area contributed by atoms with Gasteiger partial charge in [0.25, 0.3) is 5.91 Å². The number of methoxy groups -OCH3 is 1. The van der Waals surface area contributed by atoms with Crippen molar-refractivity contribution in [1.29, 1.82) is 0 Å². The van der Waals surface area contributed by atoms with Crippen molar-refractivity contribution in [1.82, 2.24) is 9.47 Å². The van der Waals surface area contributed by atoms with Gasteiger partial charge in [0.15, 0.2) is 0 Å². The third kappa shape index (κ3) is 2.44. The molecule has 0 radical (unpaired) electrons. The minimum atomic E-state index is 0.0638. The van der Waals surface area contributed by atoms with Crippen LogP contribution in [-0.4, -0.2) is 29.0 Å². The van der Waals surface area contributed by atoms with Gasteiger partial charge in [0.1, 0.15) is 11.4 Å². The van der Waals surface area contributed by atoms with E-state index in [9.17, 15) is 4.79 Å². The van der Waals surface area contributed by atoms with Gasteiger partial charge in [0.2, 0.25) is 0 Å². The molecule has 4 nitrogen and oxygen atoms in total. The van der Waals surface area contributed by atoms with E-state index in [0.717, 1.165) is 17.0 Å². The van der Waals surface area contributed by atoms with Gasteiger partial charge in [0, 0.05) is 19.3 Å². The highest BCUT2D eigenvalue weighted by Gasteiger charge is 2.28. The van der Waals surface area contributed by atoms with Gasteiger partial charge < -0.3 is 14.2 Å². The minimum absolute atomic E-state index is 0.0638. The van der Waals surface area contributed by atoms with Crippen LogP contribution in [-0.2, 0) is 6.54 Å². The number of carbonyl (C=O) groups excluding carboxylic acids is 1. The second kappa shape index (κ2) is 5.48. The van der Waals surface area contributed by atoms with Crippen LogP contribution in [0, 0.1) is 0 Å². The zero-order valence-electron chi connectivity index (χ0n) is 12.0. The van der Waals surface area contributed by atoms with Gasteiger partial charge in [-0.15, -0.1) is 6.58 Å². The number of carbonyl (C=O) groups is 1. The Labute approximate surface area is 124 Å². The summed E-state index contributed by atoms with van der Waals surface area (Å²) in [6.07, 6.45) is 3.82. The molecule has 2 heterocycles. The fraction of sp³-hybridized carbons (Fsp3) is 0.235. The quantitative estimate of drug-likeness (QED) is 0.808. The molecule has 1 atom stereocenters. The topological polar surface area (TPSA) is 34.5 Å². The molecular formula is C17H18N2O2. The van der Waals surface area contributed by atoms with Crippen LogP contribution in [0.3, 0.4) is 0 Å². The van der Waals surface area contributed by atoms with Crippen LogP contribution in [0.4, 0.5) is 0 Å². The zero-order valence-corrected chi connectivity index (χ0v) is 12.0. The smallest absolute Gasteiger partial charge is 0.270 e. The van der Waals surface area contributed by atoms with Gasteiger partial charge in [-0.05, 0) is 29.8 Å². The van der Waals surface area contributed by atoms with Gasteiger partial charge >= 0.3 is 0 Å². The van der Waals surface area contributed by atoms with Crippen LogP contribution in [0.5, 0.6) is 5.75 Å². The Morgan fingerprint density at radius 2 is 2.10 bits per heavy atom. The first-order valence-corrected chi connectivity index (χ1v) is 6.94. The molecule has 1 aromatic carbocycles. The number of nitrogens with zero attached hydrogens (tertiary/aromatic N) is 2. The van der Waals surface area contributed by atoms with Crippen LogP contribution >= 0.6 is 0 Å². The first-order valence-electron chi connectivity index (χ1n) is 6.94. The molecule has 0 bridgehead atoms. The highest BCUT2D eigenvalue weighted by atomic mass is 16.5. The molecule has 108 valence electrons. The number of rotatable bonds is 4. The van der Waals surface area contributed by atoms with Gasteiger partial charge in [-0.3, -0.25) is 4.79 Å². The fourth-order valence-electron chi connectivity index (χ4n) is 2.70. The predicted molar refractivity (Wildman–Crippen MR) is 81.4 cm³/mol. The van der Waals surface area contributed by atoms with Crippen molar-refractivity contribution in [3.05, 3.63) is 66.5 Å². The van der Waals surface area contributed by atoms with Crippen LogP contribution in [0.15, 0.2) is 55.3 Å². The summed E-state index contributed by atoms with van der Waals surface area (Å²) in [4.78, 5) is 14.4. The first kappa shape index (κ1) is 13.5. The predicted octanol–water partition coefficient (Wildman–Crippen LogP) is 2.88. The maximum atomic E-state index is 12.5. The molecule has 1 amide bonds. The largest absolute Gasteiger partial charge is 0.497 e. The van der Waals surface area contributed by atoms with E-state index < -0.39 is 0 Å². The zero-order chi connectivity index (χ0) is 14.8. The molecule has 0 spiro atoms. The second-order valence-corrected chi connectivity index (χ2v) is 5.14. The summed E-state index contributed by atoms with van der Waals surface area (Å²) in [5.41, 5.74) is 1.81. The summed E-state index contributed by atoms with van der Waals surface area (Å²) >= 11 is 0. The van der Waals surface area contributed by atoms with Crippen LogP contribution < -0.4 is 4.74 Å². The summed E-state index contributed by atoms with van der Waals surface area (Å²) in [5, 5.41) is 0. The highest BCUT2D eigenvalue weighted by molar-refractivity contribution is 5.93. The van der Waals surface area contributed by atoms with E-state index in [-0.39, 0.29) is 11.9 Å². The number of hydrogen-bond acceptors (Lipinski definition) is 2. The maximum Gasteiger partial charge on any atom is 0.270 e. The number of aromatic nitrogens is 1. The lowest BCUT2D eigenvalue weighted by molar-refractivity contribution is 0.0673. The van der Waals surface area contributed by atoms with E-state index in [1.54, 1.807) is 7.11 Å². The fourth-order valence-corrected chi connectivity index (χ4v) is 2.70. The molecule has 0 N–H and O–H groups in total. The molecule has 0 aliphatic carbocycles. The van der Waals surface area contributed by atoms with Crippen molar-refractivity contribution >= 4 is 5.91 Å². The van der Waals surface area contributed by atoms with E-state index >= 15 is 0 Å². The average molecular weight is 282 g/mol. The van der Waals surface area contributed by atoms with Gasteiger partial charge in [-0.25, -0.2) is 0 Å². The molecule has 1 aliphatic heterocycles. The normalized spacial score (nSPS) is 17.5. The molecular weight excluding hydrogens is 264 g/mol. The third-order valence-corrected chi connectivity index (χ3v) is 3.85. The van der Waals surface area contributed by atoms with Crippen molar-refractivity contribution in [3.8, 4) is 5.75 Å². The molecule has 4 heteroatoms. The Morgan fingerprint density at radius 3 is 2.76 bits per heavy atom. The van der Waals surface area contributed by atoms with E-state index in [1.165, 1.54) is 0 Å². The molecule has 1 aromatic heterocycles. The lowest BCUT2D eigenvalue weighted by Crippen LogP contribution is -2.41. The van der Waals surface area contributed by atoms with Crippen LogP contribution in [0.2, 0.25) is 0 Å². The summed E-state index contributed by atoms with van der Waals surface area (Å²) in [6, 6.07) is 11.7. The molecule has 1 aliphatic rings. The number of ether oxygens (including phenoxy) is 1. The summed E-state index contributed by atoms with van der Waals surface area (Å²) in [6.45, 7) is 5.12. The van der Waals surface area contributed by atoms with Crippen molar-refractivity contribution < 1.29 is 9.53 Å². The monoisotopic (exact) mass is 282 g/mol. The third-order valence-electron chi connectivity index (χ3n) is 3.85. The lowest BCUT2D eigenvalue weighted by Gasteiger charge is -2.33. The minimum Gasteiger partial charge on any atom is -0.497 e. The van der Waals surface area contributed by atoms with E-state index in [4.69, 9.17) is 4.74 Å². The molecule has 21 heavy (non-hydrogen) atoms. The van der Waals surface area contributed by atoms with Crippen molar-refractivity contribution in [2.24, 2.45) is 0 Å². The first-order chi connectivity index (χ1) is 10.2. The standard InChI is InChI=1S/C17H18N2O2/c1-3-14-12-18(17(20)16-5-4-10-19(14)16)11-13-6-8-15(21-2)9-7-13/h3-10,14H,1,11-12H2,2H3/t14-/m0/s1. The Bertz CT molecular complexity index is 658. The van der Waals surface area contributed by atoms with E-state index in [1.807, 2.05) is 58.1 Å². The Morgan fingerprint density at radius 1 is 1.33 bits per heavy atom. The van der Waals surface area contributed by atoms with Crippen molar-refractivity contribution in [3.63, 3.8) is 0 Å². The molecule has 0 fully saturated rings. The highest BCUT2D eigenvalue weighted by Crippen LogP contribution is 2.24. The SMILES string of the molecule is C=C[C@H]1CN(Cc2ccc(OC)cc2)C(=O)c2cccn21. The summed E-state index contributed by atoms with van der Waals surface area (Å²) in [7, 11) is 1.64. The Balaban J connectivity index is 1.82. The summed E-state index contributed by atoms with van der Waals surface area (Å²) < 4.78 is 7.14.